The van der Waals surface area contributed by atoms with Crippen molar-refractivity contribution in [1.82, 2.24) is 0 Å². The van der Waals surface area contributed by atoms with E-state index in [-0.39, 0.29) is 5.76 Å². The largest absolute Gasteiger partial charge is 0.497 e. The summed E-state index contributed by atoms with van der Waals surface area (Å²) in [5.41, 5.74) is 2.17. The number of carbonyl (C=O) groups excluding carboxylic acids is 1. The lowest BCUT2D eigenvalue weighted by Gasteiger charge is -2.09. The van der Waals surface area contributed by atoms with E-state index in [1.807, 2.05) is 32.0 Å². The molecule has 0 fully saturated rings. The number of nitrogens with one attached hydrogen (secondary N) is 1. The number of amides is 1. The molecule has 0 aliphatic heterocycles. The van der Waals surface area contributed by atoms with E-state index in [1.165, 1.54) is 6.07 Å². The SMILES string of the molecule is COc1ccc2c(=O)oc(C(=O)Nc3ccc(C)cc3C)cc2c1. The van der Waals surface area contributed by atoms with Gasteiger partial charge in [0.05, 0.1) is 12.5 Å². The number of aryl methyl sites for hydroxylation is 2. The second-order valence-corrected chi connectivity index (χ2v) is 5.62. The van der Waals surface area contributed by atoms with Crippen molar-refractivity contribution in [2.75, 3.05) is 12.4 Å². The molecule has 5 nitrogen and oxygen atoms in total. The summed E-state index contributed by atoms with van der Waals surface area (Å²) in [5, 5.41) is 3.77. The molecule has 0 radical (unpaired) electrons. The summed E-state index contributed by atoms with van der Waals surface area (Å²) < 4.78 is 10.3. The van der Waals surface area contributed by atoms with Crippen molar-refractivity contribution in [2.45, 2.75) is 13.8 Å². The zero-order chi connectivity index (χ0) is 17.3. The van der Waals surface area contributed by atoms with Gasteiger partial charge in [0.1, 0.15) is 5.75 Å². The van der Waals surface area contributed by atoms with Crippen molar-refractivity contribution in [3.05, 3.63) is 69.8 Å². The fraction of sp³-hybridized carbons (Fsp3) is 0.158. The van der Waals surface area contributed by atoms with Crippen molar-refractivity contribution >= 4 is 22.4 Å². The van der Waals surface area contributed by atoms with Crippen LogP contribution in [0.5, 0.6) is 5.75 Å². The van der Waals surface area contributed by atoms with E-state index in [0.717, 1.165) is 11.1 Å². The number of methoxy groups -OCH3 is 1. The van der Waals surface area contributed by atoms with Gasteiger partial charge >= 0.3 is 5.63 Å². The minimum absolute atomic E-state index is 0.0410. The predicted molar refractivity (Wildman–Crippen MR) is 92.9 cm³/mol. The molecule has 3 rings (SSSR count). The van der Waals surface area contributed by atoms with Crippen LogP contribution in [0.15, 0.2) is 51.7 Å². The number of benzene rings is 2. The Bertz CT molecular complexity index is 988. The molecule has 0 aliphatic carbocycles. The quantitative estimate of drug-likeness (QED) is 0.798. The van der Waals surface area contributed by atoms with E-state index >= 15 is 0 Å². The average molecular weight is 323 g/mol. The van der Waals surface area contributed by atoms with Gasteiger partial charge in [-0.3, -0.25) is 4.79 Å². The zero-order valence-corrected chi connectivity index (χ0v) is 13.7. The lowest BCUT2D eigenvalue weighted by atomic mass is 10.1. The molecule has 0 saturated heterocycles. The van der Waals surface area contributed by atoms with E-state index in [2.05, 4.69) is 5.32 Å². The molecule has 0 bridgehead atoms. The van der Waals surface area contributed by atoms with Crippen LogP contribution >= 0.6 is 0 Å². The normalized spacial score (nSPS) is 10.6. The van der Waals surface area contributed by atoms with Crippen molar-refractivity contribution in [3.8, 4) is 5.75 Å². The van der Waals surface area contributed by atoms with Crippen molar-refractivity contribution in [3.63, 3.8) is 0 Å². The fourth-order valence-corrected chi connectivity index (χ4v) is 2.55. The molecule has 1 heterocycles. The summed E-state index contributed by atoms with van der Waals surface area (Å²) in [7, 11) is 1.54. The third-order valence-corrected chi connectivity index (χ3v) is 3.82. The van der Waals surface area contributed by atoms with Gasteiger partial charge in [-0.25, -0.2) is 4.79 Å². The molecule has 0 unspecified atom stereocenters. The number of hydrogen-bond donors (Lipinski definition) is 1. The van der Waals surface area contributed by atoms with E-state index in [9.17, 15) is 9.59 Å². The van der Waals surface area contributed by atoms with E-state index in [4.69, 9.17) is 9.15 Å². The second-order valence-electron chi connectivity index (χ2n) is 5.62. The Labute approximate surface area is 138 Å². The molecule has 24 heavy (non-hydrogen) atoms. The molecule has 1 N–H and O–H groups in total. The average Bonchev–Trinajstić information content (AvgIpc) is 2.56. The summed E-state index contributed by atoms with van der Waals surface area (Å²) in [6.45, 7) is 3.89. The number of rotatable bonds is 3. The highest BCUT2D eigenvalue weighted by Gasteiger charge is 2.14. The molecule has 1 amide bonds. The van der Waals surface area contributed by atoms with Gasteiger partial charge in [0, 0.05) is 5.69 Å². The molecule has 122 valence electrons. The molecular formula is C19H17NO4. The van der Waals surface area contributed by atoms with Gasteiger partial charge in [-0.1, -0.05) is 17.7 Å². The molecule has 0 spiro atoms. The Kier molecular flexibility index (Phi) is 4.08. The molecule has 0 saturated carbocycles. The smallest absolute Gasteiger partial charge is 0.344 e. The van der Waals surface area contributed by atoms with Gasteiger partial charge in [0.2, 0.25) is 0 Å². The predicted octanol–water partition coefficient (Wildman–Crippen LogP) is 3.67. The summed E-state index contributed by atoms with van der Waals surface area (Å²) in [6, 6.07) is 12.2. The van der Waals surface area contributed by atoms with Gasteiger partial charge in [0.25, 0.3) is 5.91 Å². The number of carbonyl (C=O) groups is 1. The van der Waals surface area contributed by atoms with Gasteiger partial charge in [-0.2, -0.15) is 0 Å². The minimum Gasteiger partial charge on any atom is -0.497 e. The highest BCUT2D eigenvalue weighted by atomic mass is 16.5. The van der Waals surface area contributed by atoms with Crippen LogP contribution in [0.2, 0.25) is 0 Å². The van der Waals surface area contributed by atoms with Crippen LogP contribution in [0, 0.1) is 13.8 Å². The maximum Gasteiger partial charge on any atom is 0.344 e. The number of ether oxygens (including phenoxy) is 1. The van der Waals surface area contributed by atoms with Crippen LogP contribution in [-0.4, -0.2) is 13.0 Å². The number of fused-ring (bicyclic) bond motifs is 1. The Balaban J connectivity index is 1.99. The Morgan fingerprint density at radius 3 is 2.58 bits per heavy atom. The fourth-order valence-electron chi connectivity index (χ4n) is 2.55. The lowest BCUT2D eigenvalue weighted by molar-refractivity contribution is 0.0993. The number of hydrogen-bond acceptors (Lipinski definition) is 4. The first-order valence-electron chi connectivity index (χ1n) is 7.48. The van der Waals surface area contributed by atoms with Gasteiger partial charge in [-0.15, -0.1) is 0 Å². The highest BCUT2D eigenvalue weighted by Crippen LogP contribution is 2.21. The molecule has 2 aromatic carbocycles. The lowest BCUT2D eigenvalue weighted by Crippen LogP contribution is -2.15. The van der Waals surface area contributed by atoms with Gasteiger partial charge in [-0.05, 0) is 55.1 Å². The topological polar surface area (TPSA) is 68.5 Å². The van der Waals surface area contributed by atoms with Gasteiger partial charge in [0.15, 0.2) is 5.76 Å². The van der Waals surface area contributed by atoms with Gasteiger partial charge < -0.3 is 14.5 Å². The summed E-state index contributed by atoms with van der Waals surface area (Å²) in [4.78, 5) is 24.5. The third kappa shape index (κ3) is 3.01. The van der Waals surface area contributed by atoms with Crippen LogP contribution < -0.4 is 15.7 Å². The standard InChI is InChI=1S/C19H17NO4/c1-11-4-7-16(12(2)8-11)20-18(21)17-10-13-9-14(23-3)5-6-15(13)19(22)24-17/h4-10H,1-3H3,(H,20,21). The van der Waals surface area contributed by atoms with E-state index < -0.39 is 11.5 Å². The second kappa shape index (κ2) is 6.20. The minimum atomic E-state index is -0.555. The van der Waals surface area contributed by atoms with Crippen LogP contribution in [-0.2, 0) is 0 Å². The first-order chi connectivity index (χ1) is 11.5. The van der Waals surface area contributed by atoms with E-state index in [0.29, 0.717) is 22.2 Å². The molecular weight excluding hydrogens is 306 g/mol. The molecule has 0 atom stereocenters. The highest BCUT2D eigenvalue weighted by molar-refractivity contribution is 6.04. The van der Waals surface area contributed by atoms with E-state index in [1.54, 1.807) is 25.3 Å². The summed E-state index contributed by atoms with van der Waals surface area (Å²) in [6.07, 6.45) is 0. The number of anilines is 1. The first-order valence-corrected chi connectivity index (χ1v) is 7.48. The third-order valence-electron chi connectivity index (χ3n) is 3.82. The Morgan fingerprint density at radius 1 is 1.08 bits per heavy atom. The maximum absolute atomic E-state index is 12.4. The first kappa shape index (κ1) is 15.8. The molecule has 5 heteroatoms. The zero-order valence-electron chi connectivity index (χ0n) is 13.7. The Hall–Kier alpha value is -3.08. The van der Waals surface area contributed by atoms with Crippen LogP contribution in [0.1, 0.15) is 21.7 Å². The Morgan fingerprint density at radius 2 is 1.88 bits per heavy atom. The monoisotopic (exact) mass is 323 g/mol. The molecule has 3 aromatic rings. The van der Waals surface area contributed by atoms with Crippen LogP contribution in [0.25, 0.3) is 10.8 Å². The van der Waals surface area contributed by atoms with Crippen molar-refractivity contribution in [2.24, 2.45) is 0 Å². The summed E-state index contributed by atoms with van der Waals surface area (Å²) in [5.74, 6) is 0.0957. The molecule has 0 aliphatic rings. The van der Waals surface area contributed by atoms with Crippen molar-refractivity contribution < 1.29 is 13.9 Å². The summed E-state index contributed by atoms with van der Waals surface area (Å²) >= 11 is 0. The maximum atomic E-state index is 12.4. The molecule has 1 aromatic heterocycles. The van der Waals surface area contributed by atoms with Crippen LogP contribution in [0.3, 0.4) is 0 Å². The van der Waals surface area contributed by atoms with Crippen molar-refractivity contribution in [1.29, 1.82) is 0 Å². The van der Waals surface area contributed by atoms with Crippen LogP contribution in [0.4, 0.5) is 5.69 Å².